The third-order valence-corrected chi connectivity index (χ3v) is 15.0. The van der Waals surface area contributed by atoms with Crippen molar-refractivity contribution in [3.63, 3.8) is 0 Å². The number of rotatable bonds is 6. The number of hydrogen-bond donors (Lipinski definition) is 0. The van der Waals surface area contributed by atoms with Crippen LogP contribution in [0.1, 0.15) is 154 Å². The summed E-state index contributed by atoms with van der Waals surface area (Å²) in [5.41, 5.74) is 20.2. The van der Waals surface area contributed by atoms with Crippen molar-refractivity contribution in [3.05, 3.63) is 178 Å². The normalized spacial score (nSPS) is 12.3. The smallest absolute Gasteiger partial charge is 0.0920 e. The van der Waals surface area contributed by atoms with Gasteiger partial charge in [0.05, 0.1) is 9.52 Å². The standard InChI is InChI=1S/2C27H35.C12H7Si.2ClH.Zr/c2*1-9-10-19-13-20-12-11-18(2)25(24(20)14-19)21-15-22(26(3,4)5)17-23(16-21)27(6,7)8;1-3-7-11-9(5-1)10-6-2-4-8-12(10)13-11;;;/h2*11-17H,9-10H2,1-8H3;1-7H;2*1H;/q3*-1;;;+2/p-2. The topological polar surface area (TPSA) is 0 Å². The van der Waals surface area contributed by atoms with Gasteiger partial charge in [-0.05, 0) is 81.7 Å². The maximum absolute atomic E-state index is 4.93. The second-order valence-electron chi connectivity index (χ2n) is 23.5. The molecule has 0 saturated heterocycles. The third kappa shape index (κ3) is 13.4. The number of fused-ring (bicyclic) bond motifs is 5. The van der Waals surface area contributed by atoms with Gasteiger partial charge in [-0.25, -0.2) is 0 Å². The van der Waals surface area contributed by atoms with Crippen LogP contribution < -0.4 is 10.4 Å². The largest absolute Gasteiger partial charge is 0.184 e. The molecule has 2 radical (unpaired) electrons. The number of hydrogen-bond acceptors (Lipinski definition) is 0. The van der Waals surface area contributed by atoms with Gasteiger partial charge in [-0.15, -0.1) is 74.6 Å². The molecule has 0 aromatic heterocycles. The zero-order chi connectivity index (χ0) is 51.3. The van der Waals surface area contributed by atoms with Crippen LogP contribution in [-0.4, -0.2) is 9.52 Å². The van der Waals surface area contributed by atoms with E-state index in [4.69, 9.17) is 17.0 Å². The molecule has 9 rings (SSSR count). The van der Waals surface area contributed by atoms with Crippen LogP contribution in [0.25, 0.3) is 54.9 Å². The van der Waals surface area contributed by atoms with Crippen molar-refractivity contribution in [1.82, 2.24) is 0 Å². The van der Waals surface area contributed by atoms with Gasteiger partial charge in [-0.2, -0.15) is 41.6 Å². The molecule has 1 heterocycles. The fourth-order valence-electron chi connectivity index (χ4n) is 9.54. The Bertz CT molecular complexity index is 2770. The number of aryl methyl sites for hydroxylation is 4. The Kier molecular flexibility index (Phi) is 18.2. The van der Waals surface area contributed by atoms with E-state index in [1.54, 1.807) is 0 Å². The zero-order valence-electron chi connectivity index (χ0n) is 45.2. The molecule has 366 valence electrons. The van der Waals surface area contributed by atoms with Gasteiger partial charge in [-0.3, -0.25) is 0 Å². The van der Waals surface area contributed by atoms with Gasteiger partial charge in [0.2, 0.25) is 0 Å². The summed E-state index contributed by atoms with van der Waals surface area (Å²) < 4.78 is 0. The summed E-state index contributed by atoms with van der Waals surface area (Å²) in [6.07, 6.45) is 4.70. The molecule has 0 amide bonds. The predicted octanol–water partition coefficient (Wildman–Crippen LogP) is 18.7. The molecule has 0 atom stereocenters. The van der Waals surface area contributed by atoms with Crippen LogP contribution in [0.3, 0.4) is 0 Å². The molecule has 0 aliphatic carbocycles. The maximum Gasteiger partial charge on any atom is 0.0920 e. The van der Waals surface area contributed by atoms with E-state index in [1.807, 2.05) is 6.07 Å². The van der Waals surface area contributed by atoms with E-state index < -0.39 is 20.8 Å². The molecular weight excluding hydrogens is 983 g/mol. The SMILES string of the molecule is CCCc1cc2c(-c3cc(C(C)(C)C)cc(C(C)(C)C)c3)c(C)ccc2[cH-]1.CCCc1cc2c(-c3cc(C(C)(C)C)cc(C(C)(C)C)c3)c(C)ccc2[cH-]1.[Cl][Zr][Cl].[c-]1cccc2c1[Si]c1ccccc1-2. The first-order valence-corrected chi connectivity index (χ1v) is 32.7. The summed E-state index contributed by atoms with van der Waals surface area (Å²) in [6, 6.07) is 51.4. The molecule has 0 unspecified atom stereocenters. The quantitative estimate of drug-likeness (QED) is 0.115. The molecule has 4 heteroatoms. The molecule has 1 aliphatic rings. The van der Waals surface area contributed by atoms with Gasteiger partial charge in [-0.1, -0.05) is 203 Å². The van der Waals surface area contributed by atoms with E-state index in [1.165, 1.54) is 123 Å². The molecule has 0 spiro atoms. The summed E-state index contributed by atoms with van der Waals surface area (Å²) in [5, 5.41) is 8.38. The van der Waals surface area contributed by atoms with Crippen molar-refractivity contribution in [3.8, 4) is 33.4 Å². The Hall–Kier alpha value is -3.78. The minimum absolute atomic E-state index is 0.136. The summed E-state index contributed by atoms with van der Waals surface area (Å²) in [7, 11) is 10.7. The van der Waals surface area contributed by atoms with Crippen LogP contribution in [0.4, 0.5) is 0 Å². The Morgan fingerprint density at radius 3 is 1.27 bits per heavy atom. The van der Waals surface area contributed by atoms with Crippen LogP contribution in [0.2, 0.25) is 0 Å². The molecule has 0 nitrogen and oxygen atoms in total. The molecule has 70 heavy (non-hydrogen) atoms. The first-order valence-electron chi connectivity index (χ1n) is 25.4. The molecule has 0 N–H and O–H groups in total. The van der Waals surface area contributed by atoms with Gasteiger partial charge in [0, 0.05) is 0 Å². The van der Waals surface area contributed by atoms with Gasteiger partial charge >= 0.3 is 37.9 Å². The first kappa shape index (κ1) is 55.5. The predicted molar refractivity (Wildman–Crippen MR) is 310 cm³/mol. The van der Waals surface area contributed by atoms with Gasteiger partial charge < -0.3 is 0 Å². The average molecular weight is 1060 g/mol. The van der Waals surface area contributed by atoms with Crippen LogP contribution in [0, 0.1) is 19.9 Å². The summed E-state index contributed by atoms with van der Waals surface area (Å²) >= 11 is -0.826. The monoisotopic (exact) mass is 1060 g/mol. The summed E-state index contributed by atoms with van der Waals surface area (Å²) in [5.74, 6) is 0. The van der Waals surface area contributed by atoms with Crippen molar-refractivity contribution in [1.29, 1.82) is 0 Å². The number of benzene rings is 6. The first-order chi connectivity index (χ1) is 32.9. The molecule has 8 aromatic rings. The van der Waals surface area contributed by atoms with Crippen molar-refractivity contribution in [2.24, 2.45) is 0 Å². The fraction of sp³-hybridized carbons (Fsp3) is 0.364. The van der Waals surface area contributed by atoms with Crippen molar-refractivity contribution < 1.29 is 20.8 Å². The van der Waals surface area contributed by atoms with Crippen molar-refractivity contribution >= 4 is 58.5 Å². The minimum Gasteiger partial charge on any atom is -0.184 e. The molecule has 8 aromatic carbocycles. The van der Waals surface area contributed by atoms with E-state index in [9.17, 15) is 0 Å². The second kappa shape index (κ2) is 23.0. The Morgan fingerprint density at radius 1 is 0.500 bits per heavy atom. The van der Waals surface area contributed by atoms with E-state index in [2.05, 4.69) is 238 Å². The Labute approximate surface area is 445 Å². The zero-order valence-corrected chi connectivity index (χ0v) is 50.2. The van der Waals surface area contributed by atoms with Crippen LogP contribution in [-0.2, 0) is 55.3 Å². The van der Waals surface area contributed by atoms with E-state index in [0.717, 1.165) is 22.4 Å². The van der Waals surface area contributed by atoms with E-state index in [0.29, 0.717) is 0 Å². The molecule has 1 aliphatic heterocycles. The van der Waals surface area contributed by atoms with Crippen molar-refractivity contribution in [2.45, 2.75) is 158 Å². The van der Waals surface area contributed by atoms with Gasteiger partial charge in [0.1, 0.15) is 0 Å². The van der Waals surface area contributed by atoms with Crippen LogP contribution in [0.5, 0.6) is 0 Å². The molecule has 0 bridgehead atoms. The van der Waals surface area contributed by atoms with Gasteiger partial charge in [0.25, 0.3) is 0 Å². The van der Waals surface area contributed by atoms with E-state index >= 15 is 0 Å². The number of halogens is 2. The fourth-order valence-corrected chi connectivity index (χ4v) is 10.9. The van der Waals surface area contributed by atoms with E-state index in [-0.39, 0.29) is 21.7 Å². The third-order valence-electron chi connectivity index (χ3n) is 13.6. The van der Waals surface area contributed by atoms with Gasteiger partial charge in [0.15, 0.2) is 0 Å². The minimum atomic E-state index is -0.826. The van der Waals surface area contributed by atoms with Crippen LogP contribution >= 0.6 is 17.0 Å². The summed E-state index contributed by atoms with van der Waals surface area (Å²) in [6.45, 7) is 36.8. The Balaban J connectivity index is 0.000000176. The maximum atomic E-state index is 4.93. The second-order valence-corrected chi connectivity index (χ2v) is 28.6. The molecule has 0 saturated carbocycles. The average Bonchev–Trinajstić information content (AvgIpc) is 4.01. The van der Waals surface area contributed by atoms with Crippen LogP contribution in [0.15, 0.2) is 127 Å². The molecular formula is C66H77Cl2SiZr-3. The summed E-state index contributed by atoms with van der Waals surface area (Å²) in [4.78, 5) is 0. The Morgan fingerprint density at radius 2 is 0.886 bits per heavy atom. The van der Waals surface area contributed by atoms with Crippen molar-refractivity contribution in [2.75, 3.05) is 0 Å². The molecule has 0 fully saturated rings.